The predicted octanol–water partition coefficient (Wildman–Crippen LogP) is 2.06. The van der Waals surface area contributed by atoms with E-state index in [1.54, 1.807) is 6.07 Å². The zero-order chi connectivity index (χ0) is 12.3. The summed E-state index contributed by atoms with van der Waals surface area (Å²) < 4.78 is 0. The lowest BCUT2D eigenvalue weighted by Crippen LogP contribution is -2.07. The van der Waals surface area contributed by atoms with Gasteiger partial charge in [0.15, 0.2) is 0 Å². The first-order chi connectivity index (χ1) is 7.51. The van der Waals surface area contributed by atoms with Crippen molar-refractivity contribution >= 4 is 27.6 Å². The van der Waals surface area contributed by atoms with Crippen molar-refractivity contribution in [2.24, 2.45) is 0 Å². The van der Waals surface area contributed by atoms with Crippen LogP contribution in [0.2, 0.25) is 0 Å². The molecule has 16 heavy (non-hydrogen) atoms. The van der Waals surface area contributed by atoms with E-state index in [1.807, 2.05) is 0 Å². The Bertz CT molecular complexity index is 507. The first-order valence-corrected chi connectivity index (χ1v) is 5.14. The van der Waals surface area contributed by atoms with Crippen molar-refractivity contribution < 1.29 is 14.8 Å². The van der Waals surface area contributed by atoms with E-state index in [1.165, 1.54) is 6.07 Å². The van der Waals surface area contributed by atoms with Crippen LogP contribution in [-0.4, -0.2) is 16.0 Å². The van der Waals surface area contributed by atoms with Crippen molar-refractivity contribution in [1.29, 1.82) is 5.26 Å². The first kappa shape index (κ1) is 12.1. The molecule has 0 spiro atoms. The third-order valence-corrected chi connectivity index (χ3v) is 2.49. The Morgan fingerprint density at radius 1 is 1.62 bits per heavy atom. The monoisotopic (exact) mass is 284 g/mol. The molecular formula is C9H5BrN2O4. The number of nitrogens with zero attached hydrogens (tertiary/aromatic N) is 2. The molecule has 0 saturated heterocycles. The van der Waals surface area contributed by atoms with Gasteiger partial charge >= 0.3 is 5.97 Å². The Kier molecular flexibility index (Phi) is 3.58. The average Bonchev–Trinajstić information content (AvgIpc) is 2.26. The summed E-state index contributed by atoms with van der Waals surface area (Å²) in [6.45, 7) is 0. The van der Waals surface area contributed by atoms with E-state index >= 15 is 0 Å². The summed E-state index contributed by atoms with van der Waals surface area (Å²) in [4.78, 5) is 20.8. The normalized spacial score (nSPS) is 9.50. The number of hydrogen-bond donors (Lipinski definition) is 1. The van der Waals surface area contributed by atoms with E-state index < -0.39 is 16.6 Å². The lowest BCUT2D eigenvalue weighted by atomic mass is 10.0. The quantitative estimate of drug-likeness (QED) is 0.520. The number of nitro groups is 1. The summed E-state index contributed by atoms with van der Waals surface area (Å²) in [5.74, 6) is -1.38. The van der Waals surface area contributed by atoms with Gasteiger partial charge in [0.2, 0.25) is 0 Å². The maximum atomic E-state index is 10.9. The van der Waals surface area contributed by atoms with E-state index in [2.05, 4.69) is 15.9 Å². The fourth-order valence-corrected chi connectivity index (χ4v) is 1.69. The van der Waals surface area contributed by atoms with Crippen LogP contribution in [0.4, 0.5) is 5.69 Å². The second-order valence-corrected chi connectivity index (χ2v) is 3.40. The van der Waals surface area contributed by atoms with Crippen LogP contribution in [0.5, 0.6) is 0 Å². The average molecular weight is 285 g/mol. The van der Waals surface area contributed by atoms with Gasteiger partial charge < -0.3 is 5.11 Å². The SMILES string of the molecule is N#Cc1cc(CBr)c(C(=O)O)c([N+](=O)[O-])c1. The number of rotatable bonds is 3. The van der Waals surface area contributed by atoms with E-state index in [-0.39, 0.29) is 22.0 Å². The Labute approximate surface area is 98.4 Å². The highest BCUT2D eigenvalue weighted by molar-refractivity contribution is 9.08. The van der Waals surface area contributed by atoms with Gasteiger partial charge in [-0.2, -0.15) is 5.26 Å². The summed E-state index contributed by atoms with van der Waals surface area (Å²) in [5, 5.41) is 28.3. The first-order valence-electron chi connectivity index (χ1n) is 4.02. The van der Waals surface area contributed by atoms with Gasteiger partial charge in [0, 0.05) is 11.4 Å². The second-order valence-electron chi connectivity index (χ2n) is 2.84. The van der Waals surface area contributed by atoms with Gasteiger partial charge in [-0.15, -0.1) is 0 Å². The van der Waals surface area contributed by atoms with Crippen molar-refractivity contribution in [3.05, 3.63) is 38.9 Å². The zero-order valence-electron chi connectivity index (χ0n) is 7.81. The van der Waals surface area contributed by atoms with Crippen LogP contribution in [0.25, 0.3) is 0 Å². The number of nitro benzene ring substituents is 1. The molecule has 0 fully saturated rings. The van der Waals surface area contributed by atoms with E-state index in [4.69, 9.17) is 10.4 Å². The molecule has 6 nitrogen and oxygen atoms in total. The minimum Gasteiger partial charge on any atom is -0.477 e. The minimum atomic E-state index is -1.38. The van der Waals surface area contributed by atoms with Crippen molar-refractivity contribution in [2.45, 2.75) is 5.33 Å². The lowest BCUT2D eigenvalue weighted by molar-refractivity contribution is -0.385. The number of carboxylic acids is 1. The molecule has 0 bridgehead atoms. The van der Waals surface area contributed by atoms with Gasteiger partial charge in [-0.3, -0.25) is 10.1 Å². The van der Waals surface area contributed by atoms with Crippen LogP contribution in [0, 0.1) is 21.4 Å². The molecule has 7 heteroatoms. The third kappa shape index (κ3) is 2.17. The number of aromatic carboxylic acids is 1. The number of hydrogen-bond acceptors (Lipinski definition) is 4. The largest absolute Gasteiger partial charge is 0.477 e. The van der Waals surface area contributed by atoms with E-state index in [0.29, 0.717) is 0 Å². The maximum absolute atomic E-state index is 10.9. The lowest BCUT2D eigenvalue weighted by Gasteiger charge is -2.04. The van der Waals surface area contributed by atoms with Crippen molar-refractivity contribution in [2.75, 3.05) is 0 Å². The summed E-state index contributed by atoms with van der Waals surface area (Å²) in [6.07, 6.45) is 0. The van der Waals surface area contributed by atoms with Gasteiger partial charge in [-0.05, 0) is 11.6 Å². The van der Waals surface area contributed by atoms with Crippen LogP contribution in [0.15, 0.2) is 12.1 Å². The van der Waals surface area contributed by atoms with E-state index in [9.17, 15) is 14.9 Å². The summed E-state index contributed by atoms with van der Waals surface area (Å²) in [6, 6.07) is 4.01. The smallest absolute Gasteiger partial charge is 0.343 e. The van der Waals surface area contributed by atoms with Crippen molar-refractivity contribution in [1.82, 2.24) is 0 Å². The van der Waals surface area contributed by atoms with Crippen molar-refractivity contribution in [3.8, 4) is 6.07 Å². The van der Waals surface area contributed by atoms with Crippen LogP contribution in [0.3, 0.4) is 0 Å². The number of benzene rings is 1. The van der Waals surface area contributed by atoms with Gasteiger partial charge in [-0.1, -0.05) is 15.9 Å². The summed E-state index contributed by atoms with van der Waals surface area (Å²) in [7, 11) is 0. The maximum Gasteiger partial charge on any atom is 0.343 e. The Morgan fingerprint density at radius 3 is 2.62 bits per heavy atom. The van der Waals surface area contributed by atoms with Crippen LogP contribution >= 0.6 is 15.9 Å². The molecule has 1 aromatic carbocycles. The highest BCUT2D eigenvalue weighted by Crippen LogP contribution is 2.26. The standard InChI is InChI=1S/C9H5BrN2O4/c10-3-6-1-5(4-11)2-7(12(15)16)8(6)9(13)14/h1-2H,3H2,(H,13,14). The number of nitriles is 1. The predicted molar refractivity (Wildman–Crippen MR) is 57.4 cm³/mol. The summed E-state index contributed by atoms with van der Waals surface area (Å²) in [5.41, 5.74) is -0.689. The van der Waals surface area contributed by atoms with Gasteiger partial charge in [0.05, 0.1) is 16.6 Å². The molecule has 0 atom stereocenters. The molecule has 0 heterocycles. The molecule has 0 unspecified atom stereocenters. The Balaban J connectivity index is 3.62. The minimum absolute atomic E-state index is 0.0613. The summed E-state index contributed by atoms with van der Waals surface area (Å²) >= 11 is 3.03. The van der Waals surface area contributed by atoms with Gasteiger partial charge in [-0.25, -0.2) is 4.79 Å². The molecule has 0 saturated carbocycles. The Morgan fingerprint density at radius 2 is 2.25 bits per heavy atom. The van der Waals surface area contributed by atoms with Crippen LogP contribution in [0.1, 0.15) is 21.5 Å². The topological polar surface area (TPSA) is 104 Å². The molecule has 82 valence electrons. The van der Waals surface area contributed by atoms with Crippen LogP contribution < -0.4 is 0 Å². The molecule has 0 radical (unpaired) electrons. The van der Waals surface area contributed by atoms with Crippen molar-refractivity contribution in [3.63, 3.8) is 0 Å². The molecule has 1 N–H and O–H groups in total. The fourth-order valence-electron chi connectivity index (χ4n) is 1.25. The van der Waals surface area contributed by atoms with Gasteiger partial charge in [0.25, 0.3) is 5.69 Å². The van der Waals surface area contributed by atoms with E-state index in [0.717, 1.165) is 6.07 Å². The van der Waals surface area contributed by atoms with Gasteiger partial charge in [0.1, 0.15) is 5.56 Å². The highest BCUT2D eigenvalue weighted by Gasteiger charge is 2.24. The number of alkyl halides is 1. The molecule has 0 amide bonds. The molecule has 0 aliphatic heterocycles. The molecule has 0 aromatic heterocycles. The molecule has 1 rings (SSSR count). The highest BCUT2D eigenvalue weighted by atomic mass is 79.9. The number of carbonyl (C=O) groups is 1. The molecule has 1 aromatic rings. The molecule has 0 aliphatic rings. The Hall–Kier alpha value is -1.94. The number of halogens is 1. The number of carboxylic acid groups (broad SMARTS) is 1. The molecule has 0 aliphatic carbocycles. The zero-order valence-corrected chi connectivity index (χ0v) is 9.39. The molecular weight excluding hydrogens is 280 g/mol. The van der Waals surface area contributed by atoms with Crippen LogP contribution in [-0.2, 0) is 5.33 Å². The fraction of sp³-hybridized carbons (Fsp3) is 0.111. The third-order valence-electron chi connectivity index (χ3n) is 1.88. The second kappa shape index (κ2) is 4.72.